The average Bonchev–Trinajstić information content (AvgIpc) is 3.53. The summed E-state index contributed by atoms with van der Waals surface area (Å²) in [7, 11) is 2.81. The molecule has 15 nitrogen and oxygen atoms in total. The van der Waals surface area contributed by atoms with E-state index in [1.165, 1.54) is 36.3 Å². The van der Waals surface area contributed by atoms with Crippen LogP contribution in [0, 0.1) is 12.3 Å². The van der Waals surface area contributed by atoms with Gasteiger partial charge in [-0.25, -0.2) is 4.98 Å². The normalized spacial score (nSPS) is 21.2. The first-order valence-corrected chi connectivity index (χ1v) is 16.4. The van der Waals surface area contributed by atoms with E-state index < -0.39 is 39.8 Å². The van der Waals surface area contributed by atoms with Crippen molar-refractivity contribution in [3.63, 3.8) is 0 Å². The zero-order valence-corrected chi connectivity index (χ0v) is 28.4. The molecule has 1 aliphatic heterocycles. The van der Waals surface area contributed by atoms with E-state index in [9.17, 15) is 32.3 Å². The molecule has 2 bridgehead atoms. The second kappa shape index (κ2) is 12.1. The number of nitrogens with zero attached hydrogens (tertiary/aromatic N) is 7. The van der Waals surface area contributed by atoms with Crippen LogP contribution < -0.4 is 30.5 Å². The Bertz CT molecular complexity index is 2170. The van der Waals surface area contributed by atoms with E-state index in [1.54, 1.807) is 23.6 Å². The largest absolute Gasteiger partial charge is 0.482 e. The molecule has 4 fully saturated rings. The number of rotatable bonds is 9. The number of fused-ring (bicyclic) bond motifs is 1. The molecule has 4 aromatic heterocycles. The summed E-state index contributed by atoms with van der Waals surface area (Å²) in [5.74, 6) is -0.677. The van der Waals surface area contributed by atoms with Crippen molar-refractivity contribution in [2.24, 2.45) is 5.41 Å². The van der Waals surface area contributed by atoms with Gasteiger partial charge in [0.15, 0.2) is 11.2 Å². The predicted molar refractivity (Wildman–Crippen MR) is 177 cm³/mol. The summed E-state index contributed by atoms with van der Waals surface area (Å²) in [6, 6.07) is 3.19. The molecule has 4 aliphatic rings. The maximum absolute atomic E-state index is 14.3. The Labute approximate surface area is 288 Å². The standard InChI is InChI=1S/C33H36F3N9O6/c1-5-20-25(42-8-10-43(11-9-42)30(49)23-26(47)18(2)13-38-29(23)51-4)27(48)24-28(41-45(40-24)19-6-7-37-22(12-19)50-3)44(20)14-21(46)39-32-15-31(16-32,17-32)33(34,35)36/h6-7,12-13H,5,8-11,14-17H2,1-4H3,(H,38,47)(H,39,46). The first-order valence-electron chi connectivity index (χ1n) is 16.4. The van der Waals surface area contributed by atoms with E-state index in [1.807, 2.05) is 11.8 Å². The highest BCUT2D eigenvalue weighted by Gasteiger charge is 2.79. The maximum atomic E-state index is 14.3. The number of alkyl halides is 3. The molecule has 2 N–H and O–H groups in total. The van der Waals surface area contributed by atoms with Crippen molar-refractivity contribution < 1.29 is 32.2 Å². The second-order valence-corrected chi connectivity index (χ2v) is 13.4. The van der Waals surface area contributed by atoms with E-state index in [4.69, 9.17) is 9.47 Å². The fraction of sp³-hybridized carbons (Fsp3) is 0.485. The van der Waals surface area contributed by atoms with Gasteiger partial charge in [-0.2, -0.15) is 13.2 Å². The third-order valence-corrected chi connectivity index (χ3v) is 10.2. The van der Waals surface area contributed by atoms with Crippen LogP contribution in [0.2, 0.25) is 0 Å². The number of amides is 2. The number of aromatic nitrogens is 6. The molecule has 4 aromatic rings. The summed E-state index contributed by atoms with van der Waals surface area (Å²) in [5.41, 5.74) is -1.99. The lowest BCUT2D eigenvalue weighted by Gasteiger charge is -2.70. The second-order valence-electron chi connectivity index (χ2n) is 13.4. The van der Waals surface area contributed by atoms with E-state index in [-0.39, 0.29) is 86.2 Å². The highest BCUT2D eigenvalue weighted by atomic mass is 19.4. The van der Waals surface area contributed by atoms with Gasteiger partial charge >= 0.3 is 6.18 Å². The van der Waals surface area contributed by atoms with Crippen LogP contribution in [0.4, 0.5) is 18.9 Å². The lowest BCUT2D eigenvalue weighted by molar-refractivity contribution is -0.337. The van der Waals surface area contributed by atoms with E-state index in [0.29, 0.717) is 23.4 Å². The molecule has 51 heavy (non-hydrogen) atoms. The summed E-state index contributed by atoms with van der Waals surface area (Å²) in [4.78, 5) is 65.8. The van der Waals surface area contributed by atoms with Crippen molar-refractivity contribution in [1.29, 1.82) is 0 Å². The molecule has 0 spiro atoms. The van der Waals surface area contributed by atoms with Gasteiger partial charge in [-0.15, -0.1) is 15.0 Å². The summed E-state index contributed by atoms with van der Waals surface area (Å²) in [6.07, 6.45) is -1.56. The third kappa shape index (κ3) is 5.47. The highest BCUT2D eigenvalue weighted by molar-refractivity contribution is 5.96. The van der Waals surface area contributed by atoms with Gasteiger partial charge in [0.2, 0.25) is 28.5 Å². The molecule has 2 amide bonds. The van der Waals surface area contributed by atoms with E-state index in [2.05, 4.69) is 25.5 Å². The monoisotopic (exact) mass is 711 g/mol. The number of aromatic amines is 1. The quantitative estimate of drug-likeness (QED) is 0.262. The minimum Gasteiger partial charge on any atom is -0.482 e. The smallest absolute Gasteiger partial charge is 0.394 e. The fourth-order valence-corrected chi connectivity index (χ4v) is 7.69. The van der Waals surface area contributed by atoms with Crippen LogP contribution in [-0.2, 0) is 17.8 Å². The molecule has 18 heteroatoms. The Morgan fingerprint density at radius 2 is 1.75 bits per heavy atom. The zero-order valence-electron chi connectivity index (χ0n) is 28.4. The number of aryl methyl sites for hydroxylation is 1. The minimum absolute atomic E-state index is 0.0261. The Morgan fingerprint density at radius 3 is 2.37 bits per heavy atom. The van der Waals surface area contributed by atoms with Crippen molar-refractivity contribution >= 4 is 28.7 Å². The molecule has 1 saturated heterocycles. The number of carbonyl (C=O) groups excluding carboxylic acids is 2. The maximum Gasteiger partial charge on any atom is 0.394 e. The van der Waals surface area contributed by atoms with Gasteiger partial charge < -0.3 is 34.1 Å². The number of ether oxygens (including phenoxy) is 2. The Morgan fingerprint density at radius 1 is 1.04 bits per heavy atom. The van der Waals surface area contributed by atoms with Crippen LogP contribution in [0.25, 0.3) is 16.9 Å². The molecule has 0 unspecified atom stereocenters. The summed E-state index contributed by atoms with van der Waals surface area (Å²) in [5, 5.41) is 11.9. The fourth-order valence-electron chi connectivity index (χ4n) is 7.69. The zero-order chi connectivity index (χ0) is 36.5. The van der Waals surface area contributed by atoms with Gasteiger partial charge in [-0.05, 0) is 38.7 Å². The number of halogens is 3. The molecule has 8 rings (SSSR count). The average molecular weight is 712 g/mol. The summed E-state index contributed by atoms with van der Waals surface area (Å²) >= 11 is 0. The highest BCUT2D eigenvalue weighted by Crippen LogP contribution is 2.73. The summed E-state index contributed by atoms with van der Waals surface area (Å²) < 4.78 is 52.6. The molecule has 0 radical (unpaired) electrons. The lowest BCUT2D eigenvalue weighted by atomic mass is 9.39. The Balaban J connectivity index is 1.22. The first-order chi connectivity index (χ1) is 24.2. The topological polar surface area (TPSA) is 170 Å². The molecule has 270 valence electrons. The molecular formula is C33H36F3N9O6. The van der Waals surface area contributed by atoms with E-state index >= 15 is 0 Å². The molecule has 0 atom stereocenters. The van der Waals surface area contributed by atoms with Crippen LogP contribution in [-0.4, -0.2) is 98.4 Å². The minimum atomic E-state index is -4.32. The molecule has 0 aromatic carbocycles. The van der Waals surface area contributed by atoms with E-state index in [0.717, 1.165) is 0 Å². The molecule has 3 aliphatic carbocycles. The van der Waals surface area contributed by atoms with Crippen molar-refractivity contribution in [2.45, 2.75) is 57.8 Å². The van der Waals surface area contributed by atoms with Crippen molar-refractivity contribution in [3.8, 4) is 17.4 Å². The van der Waals surface area contributed by atoms with Crippen LogP contribution >= 0.6 is 0 Å². The van der Waals surface area contributed by atoms with Crippen LogP contribution in [0.1, 0.15) is 47.8 Å². The van der Waals surface area contributed by atoms with Crippen LogP contribution in [0.5, 0.6) is 11.8 Å². The molecule has 3 saturated carbocycles. The SMILES string of the molecule is CCc1c(N2CCN(C(=O)c3c(OC)[nH]cc(C)c3=O)CC2)c(=O)c2nn(-c3ccnc(OC)c3)nc2n1CC(=O)NC12CC(C(F)(F)F)(C1)C2. The van der Waals surface area contributed by atoms with Crippen molar-refractivity contribution in [1.82, 2.24) is 39.7 Å². The van der Waals surface area contributed by atoms with Gasteiger partial charge in [-0.3, -0.25) is 19.2 Å². The number of methoxy groups -OCH3 is 2. The van der Waals surface area contributed by atoms with Gasteiger partial charge in [0.05, 0.1) is 25.3 Å². The summed E-state index contributed by atoms with van der Waals surface area (Å²) in [6.45, 7) is 3.87. The number of hydrogen-bond donors (Lipinski definition) is 2. The third-order valence-electron chi connectivity index (χ3n) is 10.2. The van der Waals surface area contributed by atoms with Gasteiger partial charge in [0.25, 0.3) is 5.91 Å². The number of pyridine rings is 3. The number of hydrogen-bond acceptors (Lipinski definition) is 10. The molecule has 5 heterocycles. The van der Waals surface area contributed by atoms with Gasteiger partial charge in [0, 0.05) is 61.4 Å². The Hall–Kier alpha value is -5.42. The van der Waals surface area contributed by atoms with Gasteiger partial charge in [-0.1, -0.05) is 6.92 Å². The number of nitrogens with one attached hydrogen (secondary N) is 2. The molecular weight excluding hydrogens is 675 g/mol. The Kier molecular flexibility index (Phi) is 8.09. The first kappa shape index (κ1) is 34.0. The lowest BCUT2D eigenvalue weighted by Crippen LogP contribution is -2.78. The predicted octanol–water partition coefficient (Wildman–Crippen LogP) is 2.12. The number of H-pyrrole nitrogens is 1. The number of anilines is 1. The van der Waals surface area contributed by atoms with Crippen LogP contribution in [0.3, 0.4) is 0 Å². The van der Waals surface area contributed by atoms with Gasteiger partial charge in [0.1, 0.15) is 17.8 Å². The van der Waals surface area contributed by atoms with Crippen molar-refractivity contribution in [3.05, 3.63) is 61.8 Å². The number of carbonyl (C=O) groups is 2. The van der Waals surface area contributed by atoms with Crippen LogP contribution in [0.15, 0.2) is 34.1 Å². The number of piperazine rings is 1. The van der Waals surface area contributed by atoms with Crippen molar-refractivity contribution in [2.75, 3.05) is 45.3 Å².